The average Bonchev–Trinajstić information content (AvgIpc) is 3.25. The Morgan fingerprint density at radius 1 is 1.04 bits per heavy atom. The first-order valence-electron chi connectivity index (χ1n) is 6.93. The number of rotatable bonds is 5. The van der Waals surface area contributed by atoms with Crippen molar-refractivity contribution < 1.29 is 9.53 Å². The number of hydrogen-bond donors (Lipinski definition) is 0. The minimum atomic E-state index is -0.302. The van der Waals surface area contributed by atoms with E-state index in [1.165, 1.54) is 11.3 Å². The van der Waals surface area contributed by atoms with Crippen molar-refractivity contribution in [1.29, 1.82) is 0 Å². The first-order chi connectivity index (χ1) is 11.2. The molecule has 0 unspecified atom stereocenters. The van der Waals surface area contributed by atoms with Gasteiger partial charge in [0, 0.05) is 14.2 Å². The third-order valence-corrected chi connectivity index (χ3v) is 5.37. The molecule has 1 aromatic carbocycles. The van der Waals surface area contributed by atoms with E-state index in [-0.39, 0.29) is 12.6 Å². The molecule has 0 radical (unpaired) electrons. The second kappa shape index (κ2) is 7.73. The van der Waals surface area contributed by atoms with E-state index in [4.69, 9.17) is 4.74 Å². The predicted octanol–water partition coefficient (Wildman–Crippen LogP) is 5.86. The van der Waals surface area contributed by atoms with Crippen molar-refractivity contribution in [2.75, 3.05) is 0 Å². The van der Waals surface area contributed by atoms with Crippen LogP contribution in [0.25, 0.3) is 11.6 Å². The van der Waals surface area contributed by atoms with Gasteiger partial charge in [0.2, 0.25) is 0 Å². The predicted molar refractivity (Wildman–Crippen MR) is 100 cm³/mol. The SMILES string of the molecule is O=C(OCc1ccc(Br)cc1)/C(=C/c1cccs1)c1cccs1. The van der Waals surface area contributed by atoms with Crippen LogP contribution in [0.5, 0.6) is 0 Å². The minimum Gasteiger partial charge on any atom is -0.457 e. The van der Waals surface area contributed by atoms with Crippen LogP contribution in [0.4, 0.5) is 0 Å². The van der Waals surface area contributed by atoms with Crippen LogP contribution in [0.2, 0.25) is 0 Å². The Balaban J connectivity index is 1.77. The Morgan fingerprint density at radius 3 is 2.43 bits per heavy atom. The molecule has 0 fully saturated rings. The maximum Gasteiger partial charge on any atom is 0.339 e. The van der Waals surface area contributed by atoms with E-state index in [2.05, 4.69) is 15.9 Å². The molecule has 0 atom stereocenters. The summed E-state index contributed by atoms with van der Waals surface area (Å²) in [6.07, 6.45) is 1.89. The molecule has 2 nitrogen and oxygen atoms in total. The van der Waals surface area contributed by atoms with Crippen molar-refractivity contribution in [2.45, 2.75) is 6.61 Å². The molecule has 2 aromatic heterocycles. The third-order valence-electron chi connectivity index (χ3n) is 3.12. The number of carbonyl (C=O) groups is 1. The highest BCUT2D eigenvalue weighted by Gasteiger charge is 2.15. The lowest BCUT2D eigenvalue weighted by Crippen LogP contribution is -2.06. The zero-order chi connectivity index (χ0) is 16.1. The Hall–Kier alpha value is -1.69. The number of hydrogen-bond acceptors (Lipinski definition) is 4. The van der Waals surface area contributed by atoms with Crippen molar-refractivity contribution in [3.05, 3.63) is 79.1 Å². The highest BCUT2D eigenvalue weighted by atomic mass is 79.9. The zero-order valence-corrected chi connectivity index (χ0v) is 15.3. The fraction of sp³-hybridized carbons (Fsp3) is 0.0556. The molecule has 0 saturated carbocycles. The number of esters is 1. The molecule has 0 saturated heterocycles. The van der Waals surface area contributed by atoms with Gasteiger partial charge in [-0.2, -0.15) is 0 Å². The van der Waals surface area contributed by atoms with Gasteiger partial charge in [-0.25, -0.2) is 4.79 Å². The number of carbonyl (C=O) groups excluding carboxylic acids is 1. The van der Waals surface area contributed by atoms with E-state index in [0.717, 1.165) is 19.8 Å². The molecule has 0 aliphatic heterocycles. The number of benzene rings is 1. The van der Waals surface area contributed by atoms with Crippen molar-refractivity contribution in [1.82, 2.24) is 0 Å². The lowest BCUT2D eigenvalue weighted by Gasteiger charge is -2.07. The Labute approximate surface area is 151 Å². The standard InChI is InChI=1S/C18H13BrO2S2/c19-14-7-5-13(6-8-14)12-21-18(20)16(17-4-2-10-23-17)11-15-3-1-9-22-15/h1-11H,12H2/b16-11+. The van der Waals surface area contributed by atoms with Gasteiger partial charge in [0.25, 0.3) is 0 Å². The summed E-state index contributed by atoms with van der Waals surface area (Å²) in [5.74, 6) is -0.302. The molecule has 0 amide bonds. The third kappa shape index (κ3) is 4.41. The Kier molecular flexibility index (Phi) is 5.43. The molecular weight excluding hydrogens is 392 g/mol. The summed E-state index contributed by atoms with van der Waals surface area (Å²) in [7, 11) is 0. The van der Waals surface area contributed by atoms with E-state index in [1.807, 2.05) is 65.4 Å². The van der Waals surface area contributed by atoms with Gasteiger partial charge in [0.05, 0.1) is 5.57 Å². The Morgan fingerprint density at radius 2 is 1.78 bits per heavy atom. The van der Waals surface area contributed by atoms with Crippen LogP contribution in [0.1, 0.15) is 15.3 Å². The molecule has 3 aromatic rings. The van der Waals surface area contributed by atoms with Gasteiger partial charge in [0.1, 0.15) is 6.61 Å². The first-order valence-corrected chi connectivity index (χ1v) is 9.48. The smallest absolute Gasteiger partial charge is 0.339 e. The van der Waals surface area contributed by atoms with Crippen LogP contribution < -0.4 is 0 Å². The highest BCUT2D eigenvalue weighted by molar-refractivity contribution is 9.10. The van der Waals surface area contributed by atoms with Crippen LogP contribution in [0, 0.1) is 0 Å². The van der Waals surface area contributed by atoms with Crippen molar-refractivity contribution >= 4 is 56.2 Å². The van der Waals surface area contributed by atoms with Gasteiger partial charge in [-0.15, -0.1) is 22.7 Å². The minimum absolute atomic E-state index is 0.263. The summed E-state index contributed by atoms with van der Waals surface area (Å²) < 4.78 is 6.50. The van der Waals surface area contributed by atoms with E-state index in [9.17, 15) is 4.79 Å². The maximum atomic E-state index is 12.5. The maximum absolute atomic E-state index is 12.5. The normalized spacial score (nSPS) is 11.4. The van der Waals surface area contributed by atoms with Crippen LogP contribution >= 0.6 is 38.6 Å². The summed E-state index contributed by atoms with van der Waals surface area (Å²) in [5.41, 5.74) is 1.56. The van der Waals surface area contributed by atoms with Crippen molar-refractivity contribution in [3.63, 3.8) is 0 Å². The summed E-state index contributed by atoms with van der Waals surface area (Å²) >= 11 is 6.53. The average molecular weight is 405 g/mol. The van der Waals surface area contributed by atoms with Crippen LogP contribution in [-0.4, -0.2) is 5.97 Å². The number of halogens is 1. The summed E-state index contributed by atoms with van der Waals surface area (Å²) in [6, 6.07) is 15.6. The molecule has 5 heteroatoms. The van der Waals surface area contributed by atoms with E-state index in [1.54, 1.807) is 11.3 Å². The molecule has 3 rings (SSSR count). The fourth-order valence-electron chi connectivity index (χ4n) is 1.99. The Bertz CT molecular complexity index is 788. The monoisotopic (exact) mass is 404 g/mol. The quantitative estimate of drug-likeness (QED) is 0.393. The van der Waals surface area contributed by atoms with E-state index >= 15 is 0 Å². The molecule has 2 heterocycles. The van der Waals surface area contributed by atoms with Gasteiger partial charge in [0.15, 0.2) is 0 Å². The molecule has 0 aliphatic rings. The molecule has 0 spiro atoms. The molecule has 0 bridgehead atoms. The van der Waals surface area contributed by atoms with Gasteiger partial charge < -0.3 is 4.74 Å². The van der Waals surface area contributed by atoms with Gasteiger partial charge in [-0.1, -0.05) is 40.2 Å². The van der Waals surface area contributed by atoms with E-state index in [0.29, 0.717) is 5.57 Å². The summed E-state index contributed by atoms with van der Waals surface area (Å²) in [4.78, 5) is 14.5. The second-order valence-electron chi connectivity index (χ2n) is 4.75. The molecular formula is C18H13BrO2S2. The van der Waals surface area contributed by atoms with Crippen LogP contribution in [0.3, 0.4) is 0 Å². The number of ether oxygens (including phenoxy) is 1. The van der Waals surface area contributed by atoms with Gasteiger partial charge in [-0.3, -0.25) is 0 Å². The summed E-state index contributed by atoms with van der Waals surface area (Å²) in [6.45, 7) is 0.263. The van der Waals surface area contributed by atoms with Crippen molar-refractivity contribution in [3.8, 4) is 0 Å². The van der Waals surface area contributed by atoms with Crippen molar-refractivity contribution in [2.24, 2.45) is 0 Å². The molecule has 116 valence electrons. The van der Waals surface area contributed by atoms with Crippen LogP contribution in [0.15, 0.2) is 63.8 Å². The van der Waals surface area contributed by atoms with Crippen LogP contribution in [-0.2, 0) is 16.1 Å². The fourth-order valence-corrected chi connectivity index (χ4v) is 3.64. The second-order valence-corrected chi connectivity index (χ2v) is 7.60. The molecule has 23 heavy (non-hydrogen) atoms. The lowest BCUT2D eigenvalue weighted by atomic mass is 10.2. The topological polar surface area (TPSA) is 26.3 Å². The van der Waals surface area contributed by atoms with E-state index < -0.39 is 0 Å². The lowest BCUT2D eigenvalue weighted by molar-refractivity contribution is -0.137. The van der Waals surface area contributed by atoms with Gasteiger partial charge in [-0.05, 0) is 46.7 Å². The largest absolute Gasteiger partial charge is 0.457 e. The first kappa shape index (κ1) is 16.2. The zero-order valence-electron chi connectivity index (χ0n) is 12.1. The van der Waals surface area contributed by atoms with Gasteiger partial charge >= 0.3 is 5.97 Å². The highest BCUT2D eigenvalue weighted by Crippen LogP contribution is 2.26. The molecule has 0 N–H and O–H groups in total. The summed E-state index contributed by atoms with van der Waals surface area (Å²) in [5, 5.41) is 3.95. The number of thiophene rings is 2. The molecule has 0 aliphatic carbocycles.